The highest BCUT2D eigenvalue weighted by Crippen LogP contribution is 2.32. The Balaban J connectivity index is 1.48. The molecule has 1 aromatic heterocycles. The minimum atomic E-state index is -0.490. The van der Waals surface area contributed by atoms with Crippen LogP contribution in [0.15, 0.2) is 36.5 Å². The lowest BCUT2D eigenvalue weighted by atomic mass is 9.82. The molecule has 0 saturated heterocycles. The number of nitrogens with zero attached hydrogens (tertiary/aromatic N) is 1. The number of carbonyl (C=O) groups excluding carboxylic acids is 2. The number of pyridine rings is 1. The third kappa shape index (κ3) is 7.87. The van der Waals surface area contributed by atoms with E-state index in [1.54, 1.807) is 38.6 Å². The van der Waals surface area contributed by atoms with Crippen LogP contribution in [0.1, 0.15) is 56.8 Å². The third-order valence-corrected chi connectivity index (χ3v) is 6.16. The number of rotatable bonds is 8. The molecule has 8 heteroatoms. The normalized spacial score (nSPS) is 17.9. The van der Waals surface area contributed by atoms with Crippen LogP contribution in [0, 0.1) is 11.8 Å². The molecule has 1 heterocycles. The monoisotopic (exact) mass is 483 g/mol. The summed E-state index contributed by atoms with van der Waals surface area (Å²) in [4.78, 5) is 29.1. The van der Waals surface area contributed by atoms with Gasteiger partial charge in [0.25, 0.3) is 5.91 Å². The Morgan fingerprint density at radius 2 is 1.60 bits per heavy atom. The summed E-state index contributed by atoms with van der Waals surface area (Å²) in [5.74, 6) is 2.08. The van der Waals surface area contributed by atoms with Crippen molar-refractivity contribution in [2.24, 2.45) is 11.8 Å². The van der Waals surface area contributed by atoms with Gasteiger partial charge >= 0.3 is 6.09 Å². The standard InChI is InChI=1S/C27H37N3O5/c1-27(2,3)35-26(32)30-17-19-8-6-18(7-9-19)16-29-25(31)20-12-13-28-23(14-20)22-11-10-21(33-4)15-24(22)34-5/h10-15,18-19H,6-9,16-17H2,1-5H3,(H,29,31)(H,30,32). The first-order valence-corrected chi connectivity index (χ1v) is 12.1. The number of hydrogen-bond donors (Lipinski definition) is 2. The van der Waals surface area contributed by atoms with Crippen LogP contribution in [0.4, 0.5) is 4.79 Å². The van der Waals surface area contributed by atoms with Gasteiger partial charge < -0.3 is 24.8 Å². The van der Waals surface area contributed by atoms with E-state index in [1.165, 1.54) is 0 Å². The molecule has 1 aliphatic rings. The summed E-state index contributed by atoms with van der Waals surface area (Å²) < 4.78 is 16.0. The first-order valence-electron chi connectivity index (χ1n) is 12.1. The molecule has 2 aromatic rings. The average Bonchev–Trinajstić information content (AvgIpc) is 2.85. The topological polar surface area (TPSA) is 98.8 Å². The lowest BCUT2D eigenvalue weighted by Gasteiger charge is -2.29. The van der Waals surface area contributed by atoms with Crippen molar-refractivity contribution in [1.29, 1.82) is 0 Å². The van der Waals surface area contributed by atoms with Crippen molar-refractivity contribution >= 4 is 12.0 Å². The second-order valence-corrected chi connectivity index (χ2v) is 9.98. The van der Waals surface area contributed by atoms with Crippen LogP contribution in [-0.4, -0.2) is 49.9 Å². The molecule has 3 rings (SSSR count). The Bertz CT molecular complexity index is 1010. The molecule has 1 saturated carbocycles. The maximum absolute atomic E-state index is 12.8. The lowest BCUT2D eigenvalue weighted by molar-refractivity contribution is 0.0512. The molecule has 0 spiro atoms. The zero-order valence-corrected chi connectivity index (χ0v) is 21.3. The van der Waals surface area contributed by atoms with Gasteiger partial charge in [-0.2, -0.15) is 0 Å². The molecule has 1 fully saturated rings. The summed E-state index contributed by atoms with van der Waals surface area (Å²) in [5.41, 5.74) is 1.52. The van der Waals surface area contributed by atoms with Gasteiger partial charge in [-0.1, -0.05) is 0 Å². The summed E-state index contributed by atoms with van der Waals surface area (Å²) in [6.45, 7) is 6.83. The second-order valence-electron chi connectivity index (χ2n) is 9.98. The number of ether oxygens (including phenoxy) is 3. The van der Waals surface area contributed by atoms with E-state index in [-0.39, 0.29) is 12.0 Å². The molecule has 190 valence electrons. The molecule has 0 unspecified atom stereocenters. The van der Waals surface area contributed by atoms with E-state index in [0.717, 1.165) is 31.2 Å². The summed E-state index contributed by atoms with van der Waals surface area (Å²) in [7, 11) is 3.20. The van der Waals surface area contributed by atoms with Crippen molar-refractivity contribution in [3.05, 3.63) is 42.1 Å². The number of alkyl carbamates (subject to hydrolysis) is 1. The molecule has 1 aliphatic carbocycles. The quantitative estimate of drug-likeness (QED) is 0.558. The molecular weight excluding hydrogens is 446 g/mol. The fourth-order valence-corrected chi connectivity index (χ4v) is 4.25. The highest BCUT2D eigenvalue weighted by molar-refractivity contribution is 5.95. The summed E-state index contributed by atoms with van der Waals surface area (Å²) >= 11 is 0. The number of aromatic nitrogens is 1. The summed E-state index contributed by atoms with van der Waals surface area (Å²) in [5, 5.41) is 5.95. The summed E-state index contributed by atoms with van der Waals surface area (Å²) in [6, 6.07) is 9.00. The Hall–Kier alpha value is -3.29. The van der Waals surface area contributed by atoms with E-state index in [2.05, 4.69) is 15.6 Å². The highest BCUT2D eigenvalue weighted by Gasteiger charge is 2.23. The summed E-state index contributed by atoms with van der Waals surface area (Å²) in [6.07, 6.45) is 5.35. The van der Waals surface area contributed by atoms with Gasteiger partial charge in [0.05, 0.1) is 19.9 Å². The van der Waals surface area contributed by atoms with E-state index in [4.69, 9.17) is 14.2 Å². The van der Waals surface area contributed by atoms with Gasteiger partial charge in [0.2, 0.25) is 0 Å². The number of methoxy groups -OCH3 is 2. The van der Waals surface area contributed by atoms with Crippen LogP contribution in [0.25, 0.3) is 11.3 Å². The average molecular weight is 484 g/mol. The molecule has 0 bridgehead atoms. The zero-order chi connectivity index (χ0) is 25.4. The Kier molecular flexibility index (Phi) is 8.95. The van der Waals surface area contributed by atoms with Crippen molar-refractivity contribution in [2.75, 3.05) is 27.3 Å². The van der Waals surface area contributed by atoms with Crippen molar-refractivity contribution < 1.29 is 23.8 Å². The van der Waals surface area contributed by atoms with E-state index in [9.17, 15) is 9.59 Å². The third-order valence-electron chi connectivity index (χ3n) is 6.16. The number of hydrogen-bond acceptors (Lipinski definition) is 6. The molecule has 0 aliphatic heterocycles. The molecule has 1 aromatic carbocycles. The SMILES string of the molecule is COc1ccc(-c2cc(C(=O)NCC3CCC(CNC(=O)OC(C)(C)C)CC3)ccn2)c(OC)c1. The predicted molar refractivity (Wildman–Crippen MR) is 135 cm³/mol. The molecule has 8 nitrogen and oxygen atoms in total. The minimum Gasteiger partial charge on any atom is -0.497 e. The van der Waals surface area contributed by atoms with Crippen molar-refractivity contribution in [1.82, 2.24) is 15.6 Å². The Labute approximate surface area is 207 Å². The zero-order valence-electron chi connectivity index (χ0n) is 21.3. The van der Waals surface area contributed by atoms with Crippen LogP contribution >= 0.6 is 0 Å². The Morgan fingerprint density at radius 3 is 2.20 bits per heavy atom. The van der Waals surface area contributed by atoms with Crippen LogP contribution in [0.2, 0.25) is 0 Å². The highest BCUT2D eigenvalue weighted by atomic mass is 16.6. The first kappa shape index (κ1) is 26.3. The van der Waals surface area contributed by atoms with Crippen molar-refractivity contribution in [2.45, 2.75) is 52.1 Å². The smallest absolute Gasteiger partial charge is 0.407 e. The van der Waals surface area contributed by atoms with Gasteiger partial charge in [-0.15, -0.1) is 0 Å². The van der Waals surface area contributed by atoms with Crippen molar-refractivity contribution in [3.8, 4) is 22.8 Å². The molecular formula is C27H37N3O5. The predicted octanol–water partition coefficient (Wildman–Crippen LogP) is 4.83. The fraction of sp³-hybridized carbons (Fsp3) is 0.519. The lowest BCUT2D eigenvalue weighted by Crippen LogP contribution is -2.37. The number of benzene rings is 1. The van der Waals surface area contributed by atoms with Crippen LogP contribution in [-0.2, 0) is 4.74 Å². The molecule has 35 heavy (non-hydrogen) atoms. The molecule has 2 N–H and O–H groups in total. The number of amides is 2. The van der Waals surface area contributed by atoms with Crippen LogP contribution in [0.5, 0.6) is 11.5 Å². The first-order chi connectivity index (χ1) is 16.7. The Morgan fingerprint density at radius 1 is 0.943 bits per heavy atom. The molecule has 0 atom stereocenters. The van der Waals surface area contributed by atoms with Gasteiger partial charge in [-0.25, -0.2) is 4.79 Å². The number of carbonyl (C=O) groups is 2. The molecule has 0 radical (unpaired) electrons. The molecule has 2 amide bonds. The van der Waals surface area contributed by atoms with Gasteiger partial charge in [0.1, 0.15) is 17.1 Å². The minimum absolute atomic E-state index is 0.116. The second kappa shape index (κ2) is 11.9. The van der Waals surface area contributed by atoms with Crippen LogP contribution < -0.4 is 20.1 Å². The van der Waals surface area contributed by atoms with Gasteiger partial charge in [-0.05, 0) is 82.6 Å². The fourth-order valence-electron chi connectivity index (χ4n) is 4.25. The van der Waals surface area contributed by atoms with E-state index in [1.807, 2.05) is 32.9 Å². The van der Waals surface area contributed by atoms with Gasteiger partial charge in [-0.3, -0.25) is 9.78 Å². The van der Waals surface area contributed by atoms with Crippen LogP contribution in [0.3, 0.4) is 0 Å². The van der Waals surface area contributed by atoms with Gasteiger partial charge in [0.15, 0.2) is 0 Å². The number of nitrogens with one attached hydrogen (secondary N) is 2. The maximum atomic E-state index is 12.8. The van der Waals surface area contributed by atoms with E-state index in [0.29, 0.717) is 47.7 Å². The van der Waals surface area contributed by atoms with E-state index < -0.39 is 5.60 Å². The van der Waals surface area contributed by atoms with Gasteiger partial charge in [0, 0.05) is 36.5 Å². The maximum Gasteiger partial charge on any atom is 0.407 e. The van der Waals surface area contributed by atoms with E-state index >= 15 is 0 Å². The van der Waals surface area contributed by atoms with Crippen molar-refractivity contribution in [3.63, 3.8) is 0 Å². The largest absolute Gasteiger partial charge is 0.497 e.